The van der Waals surface area contributed by atoms with E-state index in [1.807, 2.05) is 6.07 Å². The fourth-order valence-electron chi connectivity index (χ4n) is 5.84. The number of esters is 1. The summed E-state index contributed by atoms with van der Waals surface area (Å²) in [5.41, 5.74) is 0.488. The zero-order valence-corrected chi connectivity index (χ0v) is 25.4. The number of carbonyl (C=O) groups is 1. The summed E-state index contributed by atoms with van der Waals surface area (Å²) in [6, 6.07) is 6.01. The summed E-state index contributed by atoms with van der Waals surface area (Å²) in [5.74, 6) is -1.70. The van der Waals surface area contributed by atoms with Crippen LogP contribution in [-0.2, 0) is 6.42 Å². The Morgan fingerprint density at radius 3 is 2.07 bits per heavy atom. The molecule has 3 rings (SSSR count). The maximum Gasteiger partial charge on any atom is 0.346 e. The minimum absolute atomic E-state index is 0.186. The van der Waals surface area contributed by atoms with Crippen LogP contribution in [0.2, 0.25) is 0 Å². The number of aromatic nitrogens is 1. The van der Waals surface area contributed by atoms with E-state index in [2.05, 4.69) is 18.8 Å². The van der Waals surface area contributed by atoms with E-state index in [1.54, 1.807) is 6.07 Å². The average Bonchev–Trinajstić information content (AvgIpc) is 2.99. The van der Waals surface area contributed by atoms with Crippen LogP contribution in [0.5, 0.6) is 11.5 Å². The van der Waals surface area contributed by atoms with Crippen LogP contribution < -0.4 is 9.47 Å². The van der Waals surface area contributed by atoms with E-state index in [4.69, 9.17) is 9.47 Å². The monoisotopic (exact) mass is 571 g/mol. The standard InChI is InChI=1S/C35H51F2NO3/c1-3-5-7-9-11-13-25-40-32-24-23-31(33(36)34(32)37)35(39)41-30-22-21-29(38-26-30)20-19-28-17-15-27(16-18-28)14-12-10-8-6-4-2/h21-24,26-28H,3-20,25H2,1-2H3. The number of nitrogens with zero attached hydrogens (tertiary/aromatic N) is 1. The van der Waals surface area contributed by atoms with Gasteiger partial charge >= 0.3 is 5.97 Å². The fraction of sp³-hybridized carbons (Fsp3) is 0.657. The van der Waals surface area contributed by atoms with Crippen LogP contribution in [0.15, 0.2) is 30.5 Å². The largest absolute Gasteiger partial charge is 0.490 e. The maximum absolute atomic E-state index is 14.6. The quantitative estimate of drug-likeness (QED) is 0.124. The van der Waals surface area contributed by atoms with Gasteiger partial charge in [-0.1, -0.05) is 110 Å². The van der Waals surface area contributed by atoms with Gasteiger partial charge in [0, 0.05) is 5.69 Å². The normalized spacial score (nSPS) is 17.0. The molecule has 2 aromatic rings. The van der Waals surface area contributed by atoms with Crippen molar-refractivity contribution in [3.8, 4) is 11.5 Å². The van der Waals surface area contributed by atoms with Crippen molar-refractivity contribution in [2.24, 2.45) is 11.8 Å². The molecule has 0 spiro atoms. The maximum atomic E-state index is 14.6. The number of aryl methyl sites for hydroxylation is 1. The molecule has 1 aliphatic carbocycles. The van der Waals surface area contributed by atoms with Crippen LogP contribution >= 0.6 is 0 Å². The third-order valence-electron chi connectivity index (χ3n) is 8.52. The van der Waals surface area contributed by atoms with E-state index in [0.29, 0.717) is 6.61 Å². The first-order chi connectivity index (χ1) is 20.0. The van der Waals surface area contributed by atoms with Crippen molar-refractivity contribution in [2.45, 2.75) is 129 Å². The number of hydrogen-bond acceptors (Lipinski definition) is 4. The molecule has 0 amide bonds. The molecule has 0 aliphatic heterocycles. The molecule has 1 aromatic heterocycles. The van der Waals surface area contributed by atoms with Gasteiger partial charge < -0.3 is 9.47 Å². The molecule has 1 saturated carbocycles. The van der Waals surface area contributed by atoms with Crippen molar-refractivity contribution in [3.63, 3.8) is 0 Å². The highest BCUT2D eigenvalue weighted by Crippen LogP contribution is 2.34. The van der Waals surface area contributed by atoms with Crippen LogP contribution in [0.1, 0.15) is 139 Å². The Balaban J connectivity index is 1.37. The molecule has 1 heterocycles. The molecule has 0 N–H and O–H groups in total. The molecule has 1 fully saturated rings. The van der Waals surface area contributed by atoms with Crippen molar-refractivity contribution < 1.29 is 23.0 Å². The van der Waals surface area contributed by atoms with Crippen LogP contribution in [0.3, 0.4) is 0 Å². The van der Waals surface area contributed by atoms with Crippen LogP contribution in [0, 0.1) is 23.5 Å². The second-order valence-corrected chi connectivity index (χ2v) is 11.9. The van der Waals surface area contributed by atoms with Crippen LogP contribution in [0.25, 0.3) is 0 Å². The lowest BCUT2D eigenvalue weighted by Crippen LogP contribution is -2.15. The fourth-order valence-corrected chi connectivity index (χ4v) is 5.84. The highest BCUT2D eigenvalue weighted by atomic mass is 19.2. The molecule has 4 nitrogen and oxygen atoms in total. The molecule has 1 aromatic carbocycles. The van der Waals surface area contributed by atoms with Crippen molar-refractivity contribution in [3.05, 3.63) is 53.4 Å². The minimum Gasteiger partial charge on any atom is -0.490 e. The Kier molecular flexibility index (Phi) is 15.2. The summed E-state index contributed by atoms with van der Waals surface area (Å²) < 4.78 is 39.9. The SMILES string of the molecule is CCCCCCCCOc1ccc(C(=O)Oc2ccc(CCC3CCC(CCCCCCC)CC3)nc2)c(F)c1F. The van der Waals surface area contributed by atoms with E-state index in [1.165, 1.54) is 102 Å². The summed E-state index contributed by atoms with van der Waals surface area (Å²) in [6.45, 7) is 4.74. The Morgan fingerprint density at radius 1 is 0.780 bits per heavy atom. The number of benzene rings is 1. The molecule has 6 heteroatoms. The first-order valence-corrected chi connectivity index (χ1v) is 16.3. The summed E-state index contributed by atoms with van der Waals surface area (Å²) in [7, 11) is 0. The van der Waals surface area contributed by atoms with Gasteiger partial charge in [-0.15, -0.1) is 0 Å². The van der Waals surface area contributed by atoms with Crippen LogP contribution in [-0.4, -0.2) is 17.6 Å². The van der Waals surface area contributed by atoms with Crippen molar-refractivity contribution in [1.29, 1.82) is 0 Å². The van der Waals surface area contributed by atoms with Gasteiger partial charge in [0.2, 0.25) is 5.82 Å². The van der Waals surface area contributed by atoms with Gasteiger partial charge in [0.25, 0.3) is 0 Å². The molecular formula is C35H51F2NO3. The molecule has 0 bridgehead atoms. The lowest BCUT2D eigenvalue weighted by molar-refractivity contribution is 0.0727. The summed E-state index contributed by atoms with van der Waals surface area (Å²) in [5, 5.41) is 0. The smallest absolute Gasteiger partial charge is 0.346 e. The molecule has 1 aliphatic rings. The van der Waals surface area contributed by atoms with Gasteiger partial charge in [0.1, 0.15) is 5.75 Å². The van der Waals surface area contributed by atoms with E-state index in [-0.39, 0.29) is 11.5 Å². The summed E-state index contributed by atoms with van der Waals surface area (Å²) >= 11 is 0. The molecule has 0 unspecified atom stereocenters. The van der Waals surface area contributed by atoms with E-state index >= 15 is 0 Å². The zero-order chi connectivity index (χ0) is 29.3. The lowest BCUT2D eigenvalue weighted by Gasteiger charge is -2.28. The predicted molar refractivity (Wildman–Crippen MR) is 162 cm³/mol. The Hall–Kier alpha value is -2.50. The Labute approximate surface area is 246 Å². The number of rotatable bonds is 19. The average molecular weight is 572 g/mol. The second kappa shape index (κ2) is 18.8. The number of carbonyl (C=O) groups excluding carboxylic acids is 1. The van der Waals surface area contributed by atoms with Gasteiger partial charge in [0.05, 0.1) is 18.4 Å². The number of halogens is 2. The van der Waals surface area contributed by atoms with Gasteiger partial charge in [-0.05, 0) is 55.4 Å². The molecule has 0 radical (unpaired) electrons. The van der Waals surface area contributed by atoms with Crippen molar-refractivity contribution >= 4 is 5.97 Å². The number of ether oxygens (including phenoxy) is 2. The topological polar surface area (TPSA) is 48.4 Å². The molecular weight excluding hydrogens is 520 g/mol. The van der Waals surface area contributed by atoms with Crippen molar-refractivity contribution in [1.82, 2.24) is 4.98 Å². The number of hydrogen-bond donors (Lipinski definition) is 0. The highest BCUT2D eigenvalue weighted by Gasteiger charge is 2.22. The summed E-state index contributed by atoms with van der Waals surface area (Å²) in [6.07, 6.45) is 23.5. The van der Waals surface area contributed by atoms with Crippen molar-refractivity contribution in [2.75, 3.05) is 6.61 Å². The van der Waals surface area contributed by atoms with Crippen LogP contribution in [0.4, 0.5) is 8.78 Å². The summed E-state index contributed by atoms with van der Waals surface area (Å²) in [4.78, 5) is 17.0. The first-order valence-electron chi connectivity index (χ1n) is 16.3. The van der Waals surface area contributed by atoms with E-state index in [0.717, 1.165) is 49.6 Å². The second-order valence-electron chi connectivity index (χ2n) is 11.9. The third-order valence-corrected chi connectivity index (χ3v) is 8.52. The third kappa shape index (κ3) is 11.7. The predicted octanol–water partition coefficient (Wildman–Crippen LogP) is 10.4. The lowest BCUT2D eigenvalue weighted by atomic mass is 9.78. The Morgan fingerprint density at radius 2 is 1.41 bits per heavy atom. The number of unbranched alkanes of at least 4 members (excludes halogenated alkanes) is 9. The molecule has 228 valence electrons. The molecule has 0 atom stereocenters. The first kappa shape index (κ1) is 33.0. The number of pyridine rings is 1. The van der Waals surface area contributed by atoms with E-state index < -0.39 is 23.2 Å². The van der Waals surface area contributed by atoms with E-state index in [9.17, 15) is 13.6 Å². The van der Waals surface area contributed by atoms with Gasteiger partial charge in [-0.3, -0.25) is 4.98 Å². The Bertz CT molecular complexity index is 1020. The minimum atomic E-state index is -1.26. The molecule has 41 heavy (non-hydrogen) atoms. The van der Waals surface area contributed by atoms with Gasteiger partial charge in [0.15, 0.2) is 11.6 Å². The zero-order valence-electron chi connectivity index (χ0n) is 25.4. The van der Waals surface area contributed by atoms with Gasteiger partial charge in [-0.25, -0.2) is 9.18 Å². The van der Waals surface area contributed by atoms with Gasteiger partial charge in [-0.2, -0.15) is 4.39 Å². The molecule has 0 saturated heterocycles. The highest BCUT2D eigenvalue weighted by molar-refractivity contribution is 5.91.